The number of anilines is 1. The number of amides is 3. The van der Waals surface area contributed by atoms with Crippen molar-refractivity contribution in [2.24, 2.45) is 0 Å². The third-order valence-electron chi connectivity index (χ3n) is 7.60. The van der Waals surface area contributed by atoms with Crippen LogP contribution in [0.15, 0.2) is 42.5 Å². The summed E-state index contributed by atoms with van der Waals surface area (Å²) >= 11 is 0. The van der Waals surface area contributed by atoms with Gasteiger partial charge in [0.05, 0.1) is 6.42 Å². The molecule has 3 aliphatic rings. The van der Waals surface area contributed by atoms with Crippen molar-refractivity contribution in [2.45, 2.75) is 44.9 Å². The fraction of sp³-hybridized carbons (Fsp3) is 0.429. The predicted molar refractivity (Wildman–Crippen MR) is 140 cm³/mol. The minimum absolute atomic E-state index is 0.176. The Balaban J connectivity index is 1.14. The molecule has 200 valence electrons. The number of nitrogens with zero attached hydrogens (tertiary/aromatic N) is 3. The summed E-state index contributed by atoms with van der Waals surface area (Å²) < 4.78 is 0. The summed E-state index contributed by atoms with van der Waals surface area (Å²) in [6.45, 7) is 6.05. The van der Waals surface area contributed by atoms with E-state index in [1.165, 1.54) is 5.56 Å². The lowest BCUT2D eigenvalue weighted by molar-refractivity contribution is -0.138. The first-order valence-corrected chi connectivity index (χ1v) is 13.1. The Hall–Kier alpha value is -3.76. The topological polar surface area (TPSA) is 122 Å². The number of carbonyl (C=O) groups excluding carboxylic acids is 3. The molecular weight excluding hydrogens is 486 g/mol. The van der Waals surface area contributed by atoms with Crippen LogP contribution in [0.2, 0.25) is 0 Å². The number of aliphatic carboxylic acids is 1. The number of carboxylic acids is 1. The van der Waals surface area contributed by atoms with E-state index < -0.39 is 17.9 Å². The number of piperidine rings is 1. The molecule has 3 heterocycles. The number of carboxylic acid groups (broad SMARTS) is 1. The average molecular weight is 520 g/mol. The Bertz CT molecular complexity index is 1220. The Morgan fingerprint density at radius 1 is 0.974 bits per heavy atom. The van der Waals surface area contributed by atoms with E-state index in [2.05, 4.69) is 44.7 Å². The van der Waals surface area contributed by atoms with Gasteiger partial charge in [-0.15, -0.1) is 0 Å². The molecule has 0 bridgehead atoms. The molecule has 38 heavy (non-hydrogen) atoms. The van der Waals surface area contributed by atoms with E-state index in [4.69, 9.17) is 5.11 Å². The lowest BCUT2D eigenvalue weighted by Crippen LogP contribution is -2.52. The molecule has 0 radical (unpaired) electrons. The lowest BCUT2D eigenvalue weighted by Gasteiger charge is -2.34. The highest BCUT2D eigenvalue weighted by Gasteiger charge is 2.39. The van der Waals surface area contributed by atoms with Gasteiger partial charge < -0.3 is 20.2 Å². The van der Waals surface area contributed by atoms with Crippen LogP contribution in [0, 0.1) is 0 Å². The van der Waals surface area contributed by atoms with Crippen LogP contribution in [0.5, 0.6) is 0 Å². The minimum Gasteiger partial charge on any atom is -0.481 e. The van der Waals surface area contributed by atoms with E-state index in [1.807, 2.05) is 12.1 Å². The smallest absolute Gasteiger partial charge is 0.304 e. The van der Waals surface area contributed by atoms with Gasteiger partial charge in [0.25, 0.3) is 5.91 Å². The zero-order valence-electron chi connectivity index (χ0n) is 21.3. The van der Waals surface area contributed by atoms with Gasteiger partial charge in [-0.1, -0.05) is 30.3 Å². The van der Waals surface area contributed by atoms with Crippen LogP contribution < -0.4 is 10.6 Å². The second kappa shape index (κ2) is 11.3. The molecule has 2 aromatic rings. The summed E-state index contributed by atoms with van der Waals surface area (Å²) in [7, 11) is 0. The first kappa shape index (κ1) is 25.9. The maximum atomic E-state index is 13.0. The van der Waals surface area contributed by atoms with Crippen LogP contribution in [0.3, 0.4) is 0 Å². The predicted octanol–water partition coefficient (Wildman–Crippen LogP) is 1.65. The number of imide groups is 1. The largest absolute Gasteiger partial charge is 0.481 e. The Morgan fingerprint density at radius 2 is 1.68 bits per heavy atom. The van der Waals surface area contributed by atoms with Crippen LogP contribution in [-0.4, -0.2) is 82.3 Å². The molecule has 2 fully saturated rings. The van der Waals surface area contributed by atoms with Gasteiger partial charge in [0.15, 0.2) is 0 Å². The third-order valence-corrected chi connectivity index (χ3v) is 7.60. The van der Waals surface area contributed by atoms with Gasteiger partial charge in [0, 0.05) is 75.6 Å². The van der Waals surface area contributed by atoms with E-state index in [-0.39, 0.29) is 24.7 Å². The van der Waals surface area contributed by atoms with Crippen LogP contribution >= 0.6 is 0 Å². The molecule has 0 saturated carbocycles. The second-order valence-electron chi connectivity index (χ2n) is 10.2. The standard InChI is InChI=1S/C28H33N5O5/c34-25-9-8-24(27(37)30-25)33-18-22-21(28(33)38)2-1-3-23(22)29-16-19-4-6-20(7-5-19)17-32-14-12-31(13-15-32)11-10-26(35)36/h1-7,24,29H,8-18H2,(H,35,36)(H,30,34,37). The van der Waals surface area contributed by atoms with E-state index in [0.717, 1.165) is 49.5 Å². The van der Waals surface area contributed by atoms with Crippen molar-refractivity contribution in [1.82, 2.24) is 20.0 Å². The summed E-state index contributed by atoms with van der Waals surface area (Å²) in [4.78, 5) is 53.8. The molecule has 5 rings (SSSR count). The summed E-state index contributed by atoms with van der Waals surface area (Å²) in [5.74, 6) is -1.62. The van der Waals surface area contributed by atoms with E-state index in [0.29, 0.717) is 31.6 Å². The van der Waals surface area contributed by atoms with Gasteiger partial charge in [-0.05, 0) is 29.7 Å². The minimum atomic E-state index is -0.749. The fourth-order valence-electron chi connectivity index (χ4n) is 5.39. The number of benzene rings is 2. The van der Waals surface area contributed by atoms with Crippen LogP contribution in [0.1, 0.15) is 46.3 Å². The van der Waals surface area contributed by atoms with Crippen LogP contribution in [0.4, 0.5) is 5.69 Å². The number of rotatable bonds is 9. The van der Waals surface area contributed by atoms with Crippen molar-refractivity contribution in [3.8, 4) is 0 Å². The van der Waals surface area contributed by atoms with Crippen LogP contribution in [-0.2, 0) is 34.0 Å². The normalized spacial score (nSPS) is 20.4. The molecule has 0 aromatic heterocycles. The van der Waals surface area contributed by atoms with E-state index in [1.54, 1.807) is 11.0 Å². The highest BCUT2D eigenvalue weighted by atomic mass is 16.4. The molecular formula is C28H33N5O5. The Labute approximate surface area is 221 Å². The Kier molecular flexibility index (Phi) is 7.71. The van der Waals surface area contributed by atoms with E-state index >= 15 is 0 Å². The highest BCUT2D eigenvalue weighted by Crippen LogP contribution is 2.32. The van der Waals surface area contributed by atoms with Gasteiger partial charge >= 0.3 is 5.97 Å². The number of carbonyl (C=O) groups is 4. The molecule has 2 saturated heterocycles. The molecule has 0 spiro atoms. The third kappa shape index (κ3) is 5.87. The molecule has 3 aliphatic heterocycles. The molecule has 10 nitrogen and oxygen atoms in total. The van der Waals surface area contributed by atoms with Crippen molar-refractivity contribution in [3.63, 3.8) is 0 Å². The molecule has 1 unspecified atom stereocenters. The van der Waals surface area contributed by atoms with Crippen molar-refractivity contribution >= 4 is 29.4 Å². The number of hydrogen-bond donors (Lipinski definition) is 3. The monoisotopic (exact) mass is 519 g/mol. The molecule has 1 atom stereocenters. The van der Waals surface area contributed by atoms with Crippen molar-refractivity contribution < 1.29 is 24.3 Å². The maximum Gasteiger partial charge on any atom is 0.304 e. The van der Waals surface area contributed by atoms with Gasteiger partial charge in [0.1, 0.15) is 6.04 Å². The quantitative estimate of drug-likeness (QED) is 0.428. The Morgan fingerprint density at radius 3 is 2.39 bits per heavy atom. The van der Waals surface area contributed by atoms with Crippen molar-refractivity contribution in [3.05, 3.63) is 64.7 Å². The fourth-order valence-corrected chi connectivity index (χ4v) is 5.39. The van der Waals surface area contributed by atoms with Gasteiger partial charge in [-0.3, -0.25) is 29.4 Å². The molecule has 0 aliphatic carbocycles. The first-order chi connectivity index (χ1) is 18.4. The molecule has 10 heteroatoms. The summed E-state index contributed by atoms with van der Waals surface area (Å²) in [5, 5.41) is 14.7. The summed E-state index contributed by atoms with van der Waals surface area (Å²) in [6, 6.07) is 13.4. The molecule has 3 N–H and O–H groups in total. The summed E-state index contributed by atoms with van der Waals surface area (Å²) in [6.07, 6.45) is 0.774. The second-order valence-corrected chi connectivity index (χ2v) is 10.2. The average Bonchev–Trinajstić information content (AvgIpc) is 3.24. The number of fused-ring (bicyclic) bond motifs is 1. The summed E-state index contributed by atoms with van der Waals surface area (Å²) in [5.41, 5.74) is 4.70. The SMILES string of the molecule is O=C(O)CCN1CCN(Cc2ccc(CNc3cccc4c3CN(C3CCC(=O)NC3=O)C4=O)cc2)CC1. The zero-order valence-corrected chi connectivity index (χ0v) is 21.3. The molecule has 3 amide bonds. The first-order valence-electron chi connectivity index (χ1n) is 13.1. The molecule has 2 aromatic carbocycles. The lowest BCUT2D eigenvalue weighted by atomic mass is 10.0. The maximum absolute atomic E-state index is 13.0. The number of hydrogen-bond acceptors (Lipinski definition) is 7. The number of piperazine rings is 1. The van der Waals surface area contributed by atoms with Gasteiger partial charge in [-0.25, -0.2) is 0 Å². The van der Waals surface area contributed by atoms with Crippen molar-refractivity contribution in [1.29, 1.82) is 0 Å². The zero-order chi connectivity index (χ0) is 26.6. The van der Waals surface area contributed by atoms with Gasteiger partial charge in [-0.2, -0.15) is 0 Å². The number of nitrogens with one attached hydrogen (secondary N) is 2. The van der Waals surface area contributed by atoms with E-state index in [9.17, 15) is 19.2 Å². The highest BCUT2D eigenvalue weighted by molar-refractivity contribution is 6.06. The van der Waals surface area contributed by atoms with Gasteiger partial charge in [0.2, 0.25) is 11.8 Å². The van der Waals surface area contributed by atoms with Crippen molar-refractivity contribution in [2.75, 3.05) is 38.0 Å². The van der Waals surface area contributed by atoms with Crippen LogP contribution in [0.25, 0.3) is 0 Å².